The van der Waals surface area contributed by atoms with Crippen LogP contribution < -0.4 is 0 Å². The quantitative estimate of drug-likeness (QED) is 0.664. The van der Waals surface area contributed by atoms with E-state index in [1.165, 1.54) is 10.1 Å². The molecule has 0 fully saturated rings. The van der Waals surface area contributed by atoms with Crippen LogP contribution in [0.2, 0.25) is 0 Å². The fourth-order valence-electron chi connectivity index (χ4n) is 1.94. The average molecular weight is 251 g/mol. The molecule has 0 radical (unpaired) electrons. The molecule has 0 aliphatic carbocycles. The molecule has 1 aromatic carbocycles. The first-order valence-corrected chi connectivity index (χ1v) is 6.38. The van der Waals surface area contributed by atoms with Gasteiger partial charge in [0.25, 0.3) is 0 Å². The lowest BCUT2D eigenvalue weighted by Crippen LogP contribution is -1.93. The highest BCUT2D eigenvalue weighted by atomic mass is 32.1. The lowest BCUT2D eigenvalue weighted by atomic mass is 10.1. The van der Waals surface area contributed by atoms with Gasteiger partial charge in [-0.25, -0.2) is 9.97 Å². The first-order chi connectivity index (χ1) is 8.78. The fourth-order valence-corrected chi connectivity index (χ4v) is 2.89. The van der Waals surface area contributed by atoms with E-state index < -0.39 is 0 Å². The van der Waals surface area contributed by atoms with Crippen molar-refractivity contribution in [3.63, 3.8) is 0 Å². The number of hydrogen-bond donors (Lipinski definition) is 0. The third-order valence-corrected chi connectivity index (χ3v) is 3.67. The molecule has 0 aliphatic heterocycles. The average Bonchev–Trinajstić information content (AvgIpc) is 2.81. The van der Waals surface area contributed by atoms with E-state index in [4.69, 9.17) is 5.26 Å². The summed E-state index contributed by atoms with van der Waals surface area (Å²) >= 11 is 1.68. The van der Waals surface area contributed by atoms with Gasteiger partial charge in [0.05, 0.1) is 5.69 Å². The number of rotatable bonds is 1. The lowest BCUT2D eigenvalue weighted by Gasteiger charge is -2.01. The largest absolute Gasteiger partial charge is 0.233 e. The summed E-state index contributed by atoms with van der Waals surface area (Å²) in [5.74, 6) is 0.624. The fraction of sp³-hybridized carbons (Fsp3) is 0.0714. The molecular formula is C14H9N3S. The summed E-state index contributed by atoms with van der Waals surface area (Å²) in [6.45, 7) is 1.80. The molecule has 86 valence electrons. The van der Waals surface area contributed by atoms with Gasteiger partial charge in [-0.3, -0.25) is 0 Å². The van der Waals surface area contributed by atoms with Crippen LogP contribution in [0.15, 0.2) is 35.7 Å². The second-order valence-corrected chi connectivity index (χ2v) is 4.85. The van der Waals surface area contributed by atoms with E-state index in [1.807, 2.05) is 12.1 Å². The highest BCUT2D eigenvalue weighted by molar-refractivity contribution is 7.17. The van der Waals surface area contributed by atoms with Crippen LogP contribution in [0, 0.1) is 18.3 Å². The molecule has 0 saturated carbocycles. The molecule has 0 N–H and O–H groups in total. The Bertz CT molecular complexity index is 768. The second-order valence-electron chi connectivity index (χ2n) is 3.94. The predicted molar refractivity (Wildman–Crippen MR) is 72.3 cm³/mol. The number of hydrogen-bond acceptors (Lipinski definition) is 4. The summed E-state index contributed by atoms with van der Waals surface area (Å²) in [7, 11) is 0. The van der Waals surface area contributed by atoms with Gasteiger partial charge in [-0.1, -0.05) is 18.2 Å². The zero-order chi connectivity index (χ0) is 12.5. The van der Waals surface area contributed by atoms with Gasteiger partial charge < -0.3 is 0 Å². The van der Waals surface area contributed by atoms with Gasteiger partial charge in [0, 0.05) is 27.1 Å². The minimum absolute atomic E-state index is 0.410. The van der Waals surface area contributed by atoms with Crippen LogP contribution in [0.1, 0.15) is 11.5 Å². The van der Waals surface area contributed by atoms with Crippen LogP contribution >= 0.6 is 11.3 Å². The third-order valence-electron chi connectivity index (χ3n) is 2.71. The molecule has 2 heterocycles. The van der Waals surface area contributed by atoms with E-state index in [0.29, 0.717) is 11.5 Å². The first kappa shape index (κ1) is 10.9. The number of thiophene rings is 1. The molecule has 0 amide bonds. The van der Waals surface area contributed by atoms with E-state index in [1.54, 1.807) is 24.3 Å². The highest BCUT2D eigenvalue weighted by Gasteiger charge is 2.09. The predicted octanol–water partition coefficient (Wildman–Crippen LogP) is 3.54. The monoisotopic (exact) mass is 251 g/mol. The van der Waals surface area contributed by atoms with Crippen molar-refractivity contribution in [2.24, 2.45) is 0 Å². The van der Waals surface area contributed by atoms with Gasteiger partial charge in [0.1, 0.15) is 17.6 Å². The maximum atomic E-state index is 8.96. The molecule has 0 spiro atoms. The Kier molecular flexibility index (Phi) is 2.54. The molecule has 3 rings (SSSR count). The summed E-state index contributed by atoms with van der Waals surface area (Å²) in [4.78, 5) is 8.49. The van der Waals surface area contributed by atoms with Crippen molar-refractivity contribution in [3.8, 4) is 17.3 Å². The summed E-state index contributed by atoms with van der Waals surface area (Å²) in [6.07, 6.45) is 0. The van der Waals surface area contributed by atoms with E-state index in [0.717, 1.165) is 11.3 Å². The molecule has 0 aliphatic rings. The standard InChI is InChI=1S/C14H9N3S/c1-9-16-10(7-15)6-13(17-9)12-8-18-14-5-3-2-4-11(12)14/h2-6,8H,1H3. The maximum absolute atomic E-state index is 8.96. The summed E-state index contributed by atoms with van der Waals surface area (Å²) < 4.78 is 1.22. The molecule has 3 aromatic rings. The molecule has 4 heteroatoms. The molecule has 18 heavy (non-hydrogen) atoms. The van der Waals surface area contributed by atoms with Gasteiger partial charge in [0.15, 0.2) is 0 Å². The van der Waals surface area contributed by atoms with Gasteiger partial charge in [-0.15, -0.1) is 11.3 Å². The maximum Gasteiger partial charge on any atom is 0.144 e. The van der Waals surface area contributed by atoms with Gasteiger partial charge in [0.2, 0.25) is 0 Å². The van der Waals surface area contributed by atoms with E-state index in [2.05, 4.69) is 33.5 Å². The number of nitrogens with zero attached hydrogens (tertiary/aromatic N) is 3. The zero-order valence-electron chi connectivity index (χ0n) is 9.71. The van der Waals surface area contributed by atoms with Crippen LogP contribution in [-0.4, -0.2) is 9.97 Å². The summed E-state index contributed by atoms with van der Waals surface area (Å²) in [5, 5.41) is 12.2. The van der Waals surface area contributed by atoms with E-state index >= 15 is 0 Å². The zero-order valence-corrected chi connectivity index (χ0v) is 10.5. The number of aryl methyl sites for hydroxylation is 1. The Morgan fingerprint density at radius 1 is 1.22 bits per heavy atom. The van der Waals surface area contributed by atoms with Gasteiger partial charge >= 0.3 is 0 Å². The van der Waals surface area contributed by atoms with Crippen LogP contribution in [-0.2, 0) is 0 Å². The van der Waals surface area contributed by atoms with E-state index in [9.17, 15) is 0 Å². The molecule has 0 atom stereocenters. The molecule has 3 nitrogen and oxygen atoms in total. The Balaban J connectivity index is 2.27. The molecule has 2 aromatic heterocycles. The van der Waals surface area contributed by atoms with Crippen molar-refractivity contribution in [2.45, 2.75) is 6.92 Å². The third kappa shape index (κ3) is 1.75. The SMILES string of the molecule is Cc1nc(C#N)cc(-c2csc3ccccc23)n1. The van der Waals surface area contributed by atoms with Crippen LogP contribution in [0.25, 0.3) is 21.3 Å². The van der Waals surface area contributed by atoms with Crippen molar-refractivity contribution >= 4 is 21.4 Å². The minimum atomic E-state index is 0.410. The first-order valence-electron chi connectivity index (χ1n) is 5.50. The number of fused-ring (bicyclic) bond motifs is 1. The molecule has 0 unspecified atom stereocenters. The van der Waals surface area contributed by atoms with Crippen molar-refractivity contribution in [1.82, 2.24) is 9.97 Å². The van der Waals surface area contributed by atoms with Gasteiger partial charge in [-0.2, -0.15) is 5.26 Å². The van der Waals surface area contributed by atoms with Crippen molar-refractivity contribution in [1.29, 1.82) is 5.26 Å². The Morgan fingerprint density at radius 3 is 2.89 bits per heavy atom. The van der Waals surface area contributed by atoms with Crippen LogP contribution in [0.4, 0.5) is 0 Å². The van der Waals surface area contributed by atoms with E-state index in [-0.39, 0.29) is 0 Å². The minimum Gasteiger partial charge on any atom is -0.233 e. The smallest absolute Gasteiger partial charge is 0.144 e. The number of benzene rings is 1. The highest BCUT2D eigenvalue weighted by Crippen LogP contribution is 2.32. The second kappa shape index (κ2) is 4.21. The topological polar surface area (TPSA) is 49.6 Å². The van der Waals surface area contributed by atoms with Crippen molar-refractivity contribution in [3.05, 3.63) is 47.2 Å². The molecule has 0 bridgehead atoms. The van der Waals surface area contributed by atoms with Crippen LogP contribution in [0.3, 0.4) is 0 Å². The molecule has 0 saturated heterocycles. The Labute approximate surface area is 108 Å². The number of aromatic nitrogens is 2. The summed E-state index contributed by atoms with van der Waals surface area (Å²) in [5.41, 5.74) is 2.29. The normalized spacial score (nSPS) is 10.4. The van der Waals surface area contributed by atoms with Gasteiger partial charge in [-0.05, 0) is 13.0 Å². The Morgan fingerprint density at radius 2 is 2.06 bits per heavy atom. The Hall–Kier alpha value is -2.25. The van der Waals surface area contributed by atoms with Crippen molar-refractivity contribution in [2.75, 3.05) is 0 Å². The van der Waals surface area contributed by atoms with Crippen LogP contribution in [0.5, 0.6) is 0 Å². The number of nitriles is 1. The summed E-state index contributed by atoms with van der Waals surface area (Å²) in [6, 6.07) is 12.0. The van der Waals surface area contributed by atoms with Crippen molar-refractivity contribution < 1.29 is 0 Å². The lowest BCUT2D eigenvalue weighted by molar-refractivity contribution is 1.04. The molecular weight excluding hydrogens is 242 g/mol.